The molecule has 0 N–H and O–H groups in total. The first-order valence-corrected chi connectivity index (χ1v) is 14.8. The molecule has 1 aromatic heterocycles. The van der Waals surface area contributed by atoms with Crippen LogP contribution in [0, 0.1) is 23.7 Å². The first kappa shape index (κ1) is 28.0. The van der Waals surface area contributed by atoms with Crippen molar-refractivity contribution in [2.45, 2.75) is 19.4 Å². The number of rotatable bonds is 7. The van der Waals surface area contributed by atoms with Crippen molar-refractivity contribution in [1.82, 2.24) is 4.98 Å². The predicted molar refractivity (Wildman–Crippen MR) is 165 cm³/mol. The van der Waals surface area contributed by atoms with Crippen molar-refractivity contribution in [1.29, 1.82) is 0 Å². The van der Waals surface area contributed by atoms with Gasteiger partial charge in [-0.1, -0.05) is 35.9 Å². The summed E-state index contributed by atoms with van der Waals surface area (Å²) >= 11 is 6.27. The number of ether oxygens (including phenoxy) is 2. The van der Waals surface area contributed by atoms with E-state index < -0.39 is 12.1 Å². The number of ketones is 1. The SMILES string of the molecule is COc1ccc(C(=O)C(C)OC(=O)c2cc(-c3ccc(N4C(=O)C5C6C=CC(C6)C5C4=O)cc3)nc3ccc(Cl)cc23)cc1. The fourth-order valence-electron chi connectivity index (χ4n) is 6.72. The number of hydrogen-bond donors (Lipinski definition) is 0. The molecule has 1 saturated heterocycles. The highest BCUT2D eigenvalue weighted by Crippen LogP contribution is 2.53. The monoisotopic (exact) mass is 606 g/mol. The molecule has 2 heterocycles. The maximum absolute atomic E-state index is 13.5. The van der Waals surface area contributed by atoms with E-state index in [1.165, 1.54) is 18.9 Å². The average Bonchev–Trinajstić information content (AvgIpc) is 3.73. The predicted octanol–water partition coefficient (Wildman–Crippen LogP) is 6.30. The summed E-state index contributed by atoms with van der Waals surface area (Å²) in [5.74, 6) is -1.03. The van der Waals surface area contributed by atoms with E-state index in [0.29, 0.717) is 44.2 Å². The maximum Gasteiger partial charge on any atom is 0.339 e. The van der Waals surface area contributed by atoms with Crippen LogP contribution in [0.1, 0.15) is 34.1 Å². The summed E-state index contributed by atoms with van der Waals surface area (Å²) in [7, 11) is 1.54. The summed E-state index contributed by atoms with van der Waals surface area (Å²) < 4.78 is 10.8. The van der Waals surface area contributed by atoms with Gasteiger partial charge in [-0.2, -0.15) is 0 Å². The highest BCUT2D eigenvalue weighted by molar-refractivity contribution is 6.31. The van der Waals surface area contributed by atoms with Crippen LogP contribution in [0.4, 0.5) is 5.69 Å². The minimum absolute atomic E-state index is 0.133. The number of anilines is 1. The average molecular weight is 607 g/mol. The number of fused-ring (bicyclic) bond motifs is 6. The highest BCUT2D eigenvalue weighted by Gasteiger charge is 2.59. The van der Waals surface area contributed by atoms with E-state index in [0.717, 1.165) is 6.42 Å². The van der Waals surface area contributed by atoms with Gasteiger partial charge in [0, 0.05) is 21.5 Å². The van der Waals surface area contributed by atoms with E-state index in [2.05, 4.69) is 12.2 Å². The number of amides is 2. The van der Waals surface area contributed by atoms with Crippen LogP contribution in [-0.2, 0) is 14.3 Å². The smallest absolute Gasteiger partial charge is 0.339 e. The van der Waals surface area contributed by atoms with Crippen LogP contribution in [0.5, 0.6) is 5.75 Å². The third-order valence-electron chi connectivity index (χ3n) is 8.91. The maximum atomic E-state index is 13.5. The summed E-state index contributed by atoms with van der Waals surface area (Å²) in [4.78, 5) is 59.1. The molecule has 220 valence electrons. The summed E-state index contributed by atoms with van der Waals surface area (Å²) in [6.45, 7) is 1.52. The second-order valence-electron chi connectivity index (χ2n) is 11.4. The topological polar surface area (TPSA) is 103 Å². The molecule has 3 aliphatic rings. The Balaban J connectivity index is 1.17. The summed E-state index contributed by atoms with van der Waals surface area (Å²) in [5, 5.41) is 0.899. The van der Waals surface area contributed by atoms with Crippen LogP contribution in [-0.4, -0.2) is 41.8 Å². The molecule has 5 unspecified atom stereocenters. The van der Waals surface area contributed by atoms with E-state index in [9.17, 15) is 19.2 Å². The summed E-state index contributed by atoms with van der Waals surface area (Å²) in [6, 6.07) is 20.2. The van der Waals surface area contributed by atoms with Gasteiger partial charge in [0.25, 0.3) is 0 Å². The molecular formula is C35H27ClN2O6. The number of benzene rings is 3. The number of Topliss-reactive ketones (excluding diaryl/α,β-unsaturated/α-hetero) is 1. The molecule has 0 spiro atoms. The lowest BCUT2D eigenvalue weighted by Crippen LogP contribution is -2.32. The number of pyridine rings is 1. The minimum atomic E-state index is -1.05. The number of methoxy groups -OCH3 is 1. The molecule has 44 heavy (non-hydrogen) atoms. The fourth-order valence-corrected chi connectivity index (χ4v) is 6.89. The van der Waals surface area contributed by atoms with Crippen LogP contribution in [0.2, 0.25) is 5.02 Å². The molecule has 3 aromatic carbocycles. The van der Waals surface area contributed by atoms with E-state index >= 15 is 0 Å². The fraction of sp³-hybridized carbons (Fsp3) is 0.229. The molecule has 2 bridgehead atoms. The van der Waals surface area contributed by atoms with Gasteiger partial charge in [-0.3, -0.25) is 19.3 Å². The molecule has 9 heteroatoms. The summed E-state index contributed by atoms with van der Waals surface area (Å²) in [6.07, 6.45) is 3.96. The van der Waals surface area contributed by atoms with Gasteiger partial charge in [-0.05, 0) is 85.8 Å². The number of carbonyl (C=O) groups excluding carboxylic acids is 4. The molecule has 4 aromatic rings. The van der Waals surface area contributed by atoms with Crippen molar-refractivity contribution in [2.24, 2.45) is 23.7 Å². The lowest BCUT2D eigenvalue weighted by molar-refractivity contribution is -0.123. The molecule has 2 amide bonds. The quantitative estimate of drug-likeness (QED) is 0.105. The normalized spacial score (nSPS) is 22.4. The number of esters is 1. The molecular weight excluding hydrogens is 580 g/mol. The molecule has 0 radical (unpaired) electrons. The molecule has 5 atom stereocenters. The number of carbonyl (C=O) groups is 4. The Morgan fingerprint density at radius 1 is 0.909 bits per heavy atom. The van der Waals surface area contributed by atoms with Crippen molar-refractivity contribution in [3.63, 3.8) is 0 Å². The number of nitrogens with zero attached hydrogens (tertiary/aromatic N) is 2. The third-order valence-corrected chi connectivity index (χ3v) is 9.14. The summed E-state index contributed by atoms with van der Waals surface area (Å²) in [5.41, 5.74) is 2.76. The van der Waals surface area contributed by atoms with Gasteiger partial charge >= 0.3 is 5.97 Å². The Labute approximate surface area is 258 Å². The van der Waals surface area contributed by atoms with Gasteiger partial charge in [-0.25, -0.2) is 9.78 Å². The van der Waals surface area contributed by atoms with Gasteiger partial charge < -0.3 is 9.47 Å². The van der Waals surface area contributed by atoms with E-state index in [4.69, 9.17) is 26.1 Å². The first-order valence-electron chi connectivity index (χ1n) is 14.4. The van der Waals surface area contributed by atoms with Crippen molar-refractivity contribution in [3.8, 4) is 17.0 Å². The van der Waals surface area contributed by atoms with Crippen molar-refractivity contribution < 1.29 is 28.7 Å². The first-order chi connectivity index (χ1) is 21.2. The second-order valence-corrected chi connectivity index (χ2v) is 11.9. The second kappa shape index (κ2) is 10.7. The van der Waals surface area contributed by atoms with Gasteiger partial charge in [0.15, 0.2) is 6.10 Å². The van der Waals surface area contributed by atoms with Crippen molar-refractivity contribution in [3.05, 3.63) is 101 Å². The van der Waals surface area contributed by atoms with Crippen molar-refractivity contribution >= 4 is 51.8 Å². The van der Waals surface area contributed by atoms with Gasteiger partial charge in [0.1, 0.15) is 5.75 Å². The largest absolute Gasteiger partial charge is 0.497 e. The van der Waals surface area contributed by atoms with E-state index in [-0.39, 0.29) is 46.8 Å². The van der Waals surface area contributed by atoms with Crippen LogP contribution in [0.25, 0.3) is 22.2 Å². The Bertz CT molecular complexity index is 1850. The molecule has 2 fully saturated rings. The Hall–Kier alpha value is -4.82. The van der Waals surface area contributed by atoms with Crippen molar-refractivity contribution in [2.75, 3.05) is 12.0 Å². The Kier molecular flexibility index (Phi) is 6.81. The van der Waals surface area contributed by atoms with E-state index in [1.807, 2.05) is 0 Å². The number of imide groups is 1. The van der Waals surface area contributed by atoms with Crippen LogP contribution in [0.3, 0.4) is 0 Å². The molecule has 1 saturated carbocycles. The minimum Gasteiger partial charge on any atom is -0.497 e. The molecule has 8 nitrogen and oxygen atoms in total. The molecule has 1 aliphatic heterocycles. The highest BCUT2D eigenvalue weighted by atomic mass is 35.5. The molecule has 7 rings (SSSR count). The lowest BCUT2D eigenvalue weighted by Gasteiger charge is -2.18. The third kappa shape index (κ3) is 4.57. The van der Waals surface area contributed by atoms with Gasteiger partial charge in [0.05, 0.1) is 41.4 Å². The lowest BCUT2D eigenvalue weighted by atomic mass is 9.85. The molecule has 2 aliphatic carbocycles. The number of halogens is 1. The van der Waals surface area contributed by atoms with Crippen LogP contribution >= 0.6 is 11.6 Å². The van der Waals surface area contributed by atoms with Crippen LogP contribution in [0.15, 0.2) is 84.9 Å². The van der Waals surface area contributed by atoms with E-state index in [1.54, 1.807) is 72.8 Å². The standard InChI is InChI=1S/C35H27ClN2O6/c1-18(32(39)20-7-12-25(43-2)13-8-20)44-35(42)27-17-29(37-28-14-9-23(36)16-26(27)28)19-5-10-24(11-6-19)38-33(40)30-21-3-4-22(15-21)31(30)34(38)41/h3-14,16-18,21-22,30-31H,15H2,1-2H3. The number of hydrogen-bond acceptors (Lipinski definition) is 7. The van der Waals surface area contributed by atoms with Gasteiger partial charge in [-0.15, -0.1) is 0 Å². The Morgan fingerprint density at radius 3 is 2.20 bits per heavy atom. The zero-order valence-electron chi connectivity index (χ0n) is 23.9. The number of allylic oxidation sites excluding steroid dienone is 2. The van der Waals surface area contributed by atoms with Crippen LogP contribution < -0.4 is 9.64 Å². The Morgan fingerprint density at radius 2 is 1.57 bits per heavy atom. The number of aromatic nitrogens is 1. The van der Waals surface area contributed by atoms with Gasteiger partial charge in [0.2, 0.25) is 17.6 Å². The zero-order chi connectivity index (χ0) is 30.7. The zero-order valence-corrected chi connectivity index (χ0v) is 24.7.